The van der Waals surface area contributed by atoms with E-state index in [0.29, 0.717) is 0 Å². The molecule has 0 fully saturated rings. The summed E-state index contributed by atoms with van der Waals surface area (Å²) in [5.41, 5.74) is 0. The van der Waals surface area contributed by atoms with Gasteiger partial charge in [0.05, 0.1) is 11.6 Å². The first-order chi connectivity index (χ1) is 9.88. The van der Waals surface area contributed by atoms with E-state index in [0.717, 1.165) is 12.1 Å². The lowest BCUT2D eigenvalue weighted by molar-refractivity contribution is -0.137. The maximum absolute atomic E-state index is 12.8. The number of carbonyl (C=O) groups excluding carboxylic acids is 2. The molecule has 1 aromatic carbocycles. The summed E-state index contributed by atoms with van der Waals surface area (Å²) in [5.74, 6) is -2.86. The number of carboxylic acid groups (broad SMARTS) is 1. The Labute approximate surface area is 124 Å². The number of benzene rings is 1. The number of rotatable bonds is 7. The molecule has 1 rings (SSSR count). The molecule has 0 saturated carbocycles. The molecule has 0 aliphatic carbocycles. The van der Waals surface area contributed by atoms with Gasteiger partial charge >= 0.3 is 5.97 Å². The summed E-state index contributed by atoms with van der Waals surface area (Å²) in [4.78, 5) is 32.7. The Hall–Kier alpha value is -2.35. The highest BCUT2D eigenvalue weighted by Crippen LogP contribution is 2.24. The number of carboxylic acids is 1. The summed E-state index contributed by atoms with van der Waals surface area (Å²) in [5, 5.41) is 12.6. The topological polar surface area (TPSA) is 105 Å². The van der Waals surface area contributed by atoms with Crippen LogP contribution in [0.25, 0.3) is 0 Å². The fraction of sp³-hybridized carbons (Fsp3) is 0.250. The molecule has 0 spiro atoms. The average Bonchev–Trinajstić information content (AvgIpc) is 2.41. The number of nitrogens with one attached hydrogen (secondary N) is 2. The van der Waals surface area contributed by atoms with Crippen molar-refractivity contribution in [3.05, 3.63) is 29.0 Å². The van der Waals surface area contributed by atoms with Crippen molar-refractivity contribution in [2.75, 3.05) is 19.7 Å². The van der Waals surface area contributed by atoms with Gasteiger partial charge in [-0.2, -0.15) is 0 Å². The summed E-state index contributed by atoms with van der Waals surface area (Å²) in [6.07, 6.45) is 0. The van der Waals surface area contributed by atoms with Crippen molar-refractivity contribution in [1.29, 1.82) is 0 Å². The number of ether oxygens (including phenoxy) is 1. The van der Waals surface area contributed by atoms with E-state index in [1.165, 1.54) is 6.07 Å². The first-order valence-electron chi connectivity index (χ1n) is 5.71. The van der Waals surface area contributed by atoms with Crippen LogP contribution in [0.2, 0.25) is 5.02 Å². The van der Waals surface area contributed by atoms with Crippen molar-refractivity contribution in [3.63, 3.8) is 0 Å². The van der Waals surface area contributed by atoms with E-state index in [1.54, 1.807) is 0 Å². The van der Waals surface area contributed by atoms with Gasteiger partial charge in [0.15, 0.2) is 6.61 Å². The molecule has 0 saturated heterocycles. The second kappa shape index (κ2) is 8.05. The molecule has 0 aliphatic rings. The van der Waals surface area contributed by atoms with E-state index in [4.69, 9.17) is 21.4 Å². The number of hydrogen-bond donors (Lipinski definition) is 3. The fourth-order valence-corrected chi connectivity index (χ4v) is 1.42. The molecule has 21 heavy (non-hydrogen) atoms. The van der Waals surface area contributed by atoms with Crippen LogP contribution in [0.3, 0.4) is 0 Å². The molecule has 0 unspecified atom stereocenters. The zero-order valence-electron chi connectivity index (χ0n) is 10.7. The predicted octanol–water partition coefficient (Wildman–Crippen LogP) is 0.175. The van der Waals surface area contributed by atoms with Crippen LogP contribution in [0.5, 0.6) is 5.75 Å². The molecular formula is C12H12ClFN2O5. The lowest BCUT2D eigenvalue weighted by Gasteiger charge is -2.08. The second-order valence-corrected chi connectivity index (χ2v) is 4.22. The van der Waals surface area contributed by atoms with Crippen LogP contribution in [0.4, 0.5) is 4.39 Å². The van der Waals surface area contributed by atoms with Crippen LogP contribution in [-0.4, -0.2) is 42.6 Å². The molecular weight excluding hydrogens is 307 g/mol. The van der Waals surface area contributed by atoms with Gasteiger partial charge in [-0.1, -0.05) is 11.6 Å². The summed E-state index contributed by atoms with van der Waals surface area (Å²) in [6.45, 7) is -1.33. The molecule has 3 N–H and O–H groups in total. The summed E-state index contributed by atoms with van der Waals surface area (Å²) in [7, 11) is 0. The van der Waals surface area contributed by atoms with Crippen molar-refractivity contribution in [2.45, 2.75) is 0 Å². The molecule has 9 heteroatoms. The average molecular weight is 319 g/mol. The number of halogens is 2. The van der Waals surface area contributed by atoms with E-state index >= 15 is 0 Å². The second-order valence-electron chi connectivity index (χ2n) is 3.81. The smallest absolute Gasteiger partial charge is 0.322 e. The Bertz CT molecular complexity index is 552. The highest BCUT2D eigenvalue weighted by Gasteiger charge is 2.09. The molecule has 1 aromatic rings. The number of amides is 2. The monoisotopic (exact) mass is 318 g/mol. The van der Waals surface area contributed by atoms with Crippen LogP contribution in [0.1, 0.15) is 0 Å². The fourth-order valence-electron chi connectivity index (χ4n) is 1.20. The molecule has 2 amide bonds. The third kappa shape index (κ3) is 6.57. The van der Waals surface area contributed by atoms with Gasteiger partial charge in [0.25, 0.3) is 5.91 Å². The Morgan fingerprint density at radius 1 is 1.19 bits per heavy atom. The molecule has 0 radical (unpaired) electrons. The zero-order chi connectivity index (χ0) is 15.8. The van der Waals surface area contributed by atoms with Gasteiger partial charge < -0.3 is 20.5 Å². The highest BCUT2D eigenvalue weighted by molar-refractivity contribution is 6.32. The van der Waals surface area contributed by atoms with Gasteiger partial charge in [-0.25, -0.2) is 4.39 Å². The van der Waals surface area contributed by atoms with Gasteiger partial charge in [0, 0.05) is 0 Å². The third-order valence-corrected chi connectivity index (χ3v) is 2.43. The standard InChI is InChI=1S/C12H12ClFN2O5/c13-8-3-7(14)1-2-9(8)21-6-11(18)15-4-10(17)16-5-12(19)20/h1-3H,4-6H2,(H,15,18)(H,16,17)(H,19,20). The molecule has 7 nitrogen and oxygen atoms in total. The van der Waals surface area contributed by atoms with Crippen LogP contribution in [0, 0.1) is 5.82 Å². The summed E-state index contributed by atoms with van der Waals surface area (Å²) < 4.78 is 17.8. The first kappa shape index (κ1) is 16.7. The third-order valence-electron chi connectivity index (χ3n) is 2.14. The SMILES string of the molecule is O=C(O)CNC(=O)CNC(=O)COc1ccc(F)cc1Cl. The quantitative estimate of drug-likeness (QED) is 0.665. The van der Waals surface area contributed by atoms with Crippen molar-refractivity contribution < 1.29 is 28.6 Å². The molecule has 0 aromatic heterocycles. The normalized spacial score (nSPS) is 9.81. The number of hydrogen-bond acceptors (Lipinski definition) is 4. The Kier molecular flexibility index (Phi) is 6.41. The highest BCUT2D eigenvalue weighted by atomic mass is 35.5. The largest absolute Gasteiger partial charge is 0.482 e. The molecule has 0 atom stereocenters. The van der Waals surface area contributed by atoms with E-state index in [1.807, 2.05) is 0 Å². The lowest BCUT2D eigenvalue weighted by atomic mass is 10.3. The van der Waals surface area contributed by atoms with Gasteiger partial charge in [-0.3, -0.25) is 14.4 Å². The van der Waals surface area contributed by atoms with Gasteiger partial charge in [0.2, 0.25) is 5.91 Å². The van der Waals surface area contributed by atoms with Crippen LogP contribution < -0.4 is 15.4 Å². The Morgan fingerprint density at radius 2 is 1.86 bits per heavy atom. The van der Waals surface area contributed by atoms with Crippen LogP contribution in [-0.2, 0) is 14.4 Å². The van der Waals surface area contributed by atoms with Gasteiger partial charge in [0.1, 0.15) is 18.1 Å². The van der Waals surface area contributed by atoms with Gasteiger partial charge in [-0.15, -0.1) is 0 Å². The van der Waals surface area contributed by atoms with Crippen molar-refractivity contribution in [2.24, 2.45) is 0 Å². The minimum Gasteiger partial charge on any atom is -0.482 e. The summed E-state index contributed by atoms with van der Waals surface area (Å²) >= 11 is 5.69. The van der Waals surface area contributed by atoms with E-state index in [-0.39, 0.29) is 17.3 Å². The first-order valence-corrected chi connectivity index (χ1v) is 6.09. The Morgan fingerprint density at radius 3 is 2.48 bits per heavy atom. The maximum atomic E-state index is 12.8. The predicted molar refractivity (Wildman–Crippen MR) is 70.6 cm³/mol. The maximum Gasteiger partial charge on any atom is 0.322 e. The van der Waals surface area contributed by atoms with E-state index in [2.05, 4.69) is 10.6 Å². The summed E-state index contributed by atoms with van der Waals surface area (Å²) in [6, 6.07) is 3.43. The number of carbonyl (C=O) groups is 3. The van der Waals surface area contributed by atoms with E-state index < -0.39 is 36.8 Å². The van der Waals surface area contributed by atoms with E-state index in [9.17, 15) is 18.8 Å². The molecule has 0 heterocycles. The lowest BCUT2D eigenvalue weighted by Crippen LogP contribution is -2.40. The van der Waals surface area contributed by atoms with Crippen molar-refractivity contribution in [1.82, 2.24) is 10.6 Å². The molecule has 0 aliphatic heterocycles. The molecule has 0 bridgehead atoms. The van der Waals surface area contributed by atoms with Crippen molar-refractivity contribution >= 4 is 29.4 Å². The van der Waals surface area contributed by atoms with Crippen LogP contribution in [0.15, 0.2) is 18.2 Å². The molecule has 114 valence electrons. The van der Waals surface area contributed by atoms with Crippen LogP contribution >= 0.6 is 11.6 Å². The van der Waals surface area contributed by atoms with Crippen molar-refractivity contribution in [3.8, 4) is 5.75 Å². The Balaban J connectivity index is 2.31. The number of aliphatic carboxylic acids is 1. The zero-order valence-corrected chi connectivity index (χ0v) is 11.4. The van der Waals surface area contributed by atoms with Gasteiger partial charge in [-0.05, 0) is 18.2 Å². The minimum absolute atomic E-state index is 0.0157. The minimum atomic E-state index is -1.19.